The van der Waals surface area contributed by atoms with Crippen molar-refractivity contribution in [1.82, 2.24) is 14.5 Å². The number of nitro benzene ring substituents is 1. The monoisotopic (exact) mass is 451 g/mol. The average molecular weight is 451 g/mol. The van der Waals surface area contributed by atoms with Crippen LogP contribution in [-0.4, -0.2) is 57.7 Å². The number of imidazole rings is 1. The summed E-state index contributed by atoms with van der Waals surface area (Å²) < 4.78 is 13.4. The van der Waals surface area contributed by atoms with Gasteiger partial charge in [0.25, 0.3) is 11.6 Å². The third-order valence-corrected chi connectivity index (χ3v) is 6.02. The minimum absolute atomic E-state index is 0.0298. The van der Waals surface area contributed by atoms with Crippen LogP contribution in [0.15, 0.2) is 42.5 Å². The smallest absolute Gasteiger partial charge is 0.269 e. The second-order valence-electron chi connectivity index (χ2n) is 8.34. The van der Waals surface area contributed by atoms with Gasteiger partial charge < -0.3 is 19.4 Å². The molecule has 0 saturated carbocycles. The van der Waals surface area contributed by atoms with Crippen molar-refractivity contribution >= 4 is 28.3 Å². The zero-order valence-corrected chi connectivity index (χ0v) is 18.1. The van der Waals surface area contributed by atoms with E-state index in [2.05, 4.69) is 14.8 Å². The molecule has 1 aromatic heterocycles. The van der Waals surface area contributed by atoms with Gasteiger partial charge in [-0.05, 0) is 43.2 Å². The minimum Gasteiger partial charge on any atom is -0.484 e. The van der Waals surface area contributed by atoms with E-state index in [9.17, 15) is 14.9 Å². The van der Waals surface area contributed by atoms with E-state index in [1.807, 2.05) is 18.2 Å². The first-order valence-corrected chi connectivity index (χ1v) is 11.1. The quantitative estimate of drug-likeness (QED) is 0.434. The predicted molar refractivity (Wildman–Crippen MR) is 121 cm³/mol. The lowest BCUT2D eigenvalue weighted by Gasteiger charge is -2.29. The van der Waals surface area contributed by atoms with Crippen LogP contribution in [0.5, 0.6) is 5.75 Å². The Hall–Kier alpha value is -3.50. The van der Waals surface area contributed by atoms with E-state index in [1.165, 1.54) is 24.3 Å². The Morgan fingerprint density at radius 3 is 2.85 bits per heavy atom. The molecule has 1 unspecified atom stereocenters. The highest BCUT2D eigenvalue weighted by atomic mass is 16.6. The zero-order chi connectivity index (χ0) is 22.8. The molecule has 5 rings (SSSR count). The highest BCUT2D eigenvalue weighted by molar-refractivity contribution is 5.94. The van der Waals surface area contributed by atoms with Gasteiger partial charge in [0.2, 0.25) is 0 Å². The third kappa shape index (κ3) is 4.81. The number of fused-ring (bicyclic) bond motifs is 3. The lowest BCUT2D eigenvalue weighted by Crippen LogP contribution is -2.38. The third-order valence-electron chi connectivity index (χ3n) is 6.02. The summed E-state index contributed by atoms with van der Waals surface area (Å²) in [6.45, 7) is 4.25. The summed E-state index contributed by atoms with van der Waals surface area (Å²) in [6, 6.07) is 11.3. The Morgan fingerprint density at radius 1 is 1.24 bits per heavy atom. The van der Waals surface area contributed by atoms with Crippen molar-refractivity contribution < 1.29 is 19.2 Å². The molecule has 1 saturated heterocycles. The van der Waals surface area contributed by atoms with Crippen molar-refractivity contribution in [1.29, 1.82) is 0 Å². The standard InChI is InChI=1S/C23H25N5O5/c29-23(15-33-18-6-4-17(5-7-18)28(30)31)24-16-3-8-21-20(12-16)25-22-14-26(9-10-27(21)22)13-19-2-1-11-32-19/h3-8,12,19H,1-2,9-11,13-15H2,(H,24,29). The molecule has 2 aliphatic rings. The molecule has 0 aliphatic carbocycles. The van der Waals surface area contributed by atoms with Crippen LogP contribution in [0.25, 0.3) is 11.0 Å². The number of nitrogens with zero attached hydrogens (tertiary/aromatic N) is 4. The van der Waals surface area contributed by atoms with Crippen molar-refractivity contribution in [2.75, 3.05) is 31.6 Å². The number of hydrogen-bond acceptors (Lipinski definition) is 7. The topological polar surface area (TPSA) is 112 Å². The van der Waals surface area contributed by atoms with Gasteiger partial charge in [-0.2, -0.15) is 0 Å². The Morgan fingerprint density at radius 2 is 2.09 bits per heavy atom. The van der Waals surface area contributed by atoms with Gasteiger partial charge in [-0.3, -0.25) is 19.8 Å². The molecule has 1 atom stereocenters. The molecule has 0 radical (unpaired) electrons. The second-order valence-corrected chi connectivity index (χ2v) is 8.34. The predicted octanol–water partition coefficient (Wildman–Crippen LogP) is 2.96. The summed E-state index contributed by atoms with van der Waals surface area (Å²) in [5, 5.41) is 13.5. The van der Waals surface area contributed by atoms with Gasteiger partial charge >= 0.3 is 0 Å². The molecule has 1 N–H and O–H groups in total. The van der Waals surface area contributed by atoms with Gasteiger partial charge in [-0.15, -0.1) is 0 Å². The highest BCUT2D eigenvalue weighted by Gasteiger charge is 2.24. The number of nitrogens with one attached hydrogen (secondary N) is 1. The van der Waals surface area contributed by atoms with Crippen molar-refractivity contribution in [3.63, 3.8) is 0 Å². The molecule has 0 bridgehead atoms. The lowest BCUT2D eigenvalue weighted by molar-refractivity contribution is -0.384. The SMILES string of the molecule is O=C(COc1ccc([N+](=O)[O-])cc1)Nc1ccc2c(c1)nc1n2CCN(CC2CCCO2)C1. The van der Waals surface area contributed by atoms with E-state index in [4.69, 9.17) is 14.5 Å². The number of aromatic nitrogens is 2. The molecule has 0 spiro atoms. The van der Waals surface area contributed by atoms with E-state index in [1.54, 1.807) is 0 Å². The summed E-state index contributed by atoms with van der Waals surface area (Å²) >= 11 is 0. The first kappa shape index (κ1) is 21.4. The van der Waals surface area contributed by atoms with Crippen LogP contribution in [0.2, 0.25) is 0 Å². The van der Waals surface area contributed by atoms with Crippen molar-refractivity contribution in [3.05, 3.63) is 58.4 Å². The molecule has 1 amide bonds. The Balaban J connectivity index is 1.20. The fourth-order valence-electron chi connectivity index (χ4n) is 4.39. The second kappa shape index (κ2) is 9.16. The van der Waals surface area contributed by atoms with E-state index in [0.29, 0.717) is 17.5 Å². The fourth-order valence-corrected chi connectivity index (χ4v) is 4.39. The summed E-state index contributed by atoms with van der Waals surface area (Å²) in [4.78, 5) is 29.7. The van der Waals surface area contributed by atoms with Crippen molar-refractivity contribution in [2.24, 2.45) is 0 Å². The highest BCUT2D eigenvalue weighted by Crippen LogP contribution is 2.25. The summed E-state index contributed by atoms with van der Waals surface area (Å²) in [7, 11) is 0. The number of hydrogen-bond donors (Lipinski definition) is 1. The van der Waals surface area contributed by atoms with Gasteiger partial charge in [-0.1, -0.05) is 0 Å². The van der Waals surface area contributed by atoms with Gasteiger partial charge in [-0.25, -0.2) is 4.98 Å². The number of rotatable bonds is 7. The number of carbonyl (C=O) groups is 1. The Kier molecular flexibility index (Phi) is 5.93. The van der Waals surface area contributed by atoms with Crippen LogP contribution in [0.4, 0.5) is 11.4 Å². The number of benzene rings is 2. The molecule has 1 fully saturated rings. The maximum atomic E-state index is 12.3. The van der Waals surface area contributed by atoms with Crippen LogP contribution in [0.1, 0.15) is 18.7 Å². The van der Waals surface area contributed by atoms with Crippen molar-refractivity contribution in [3.8, 4) is 5.75 Å². The van der Waals surface area contributed by atoms with Crippen LogP contribution >= 0.6 is 0 Å². The largest absolute Gasteiger partial charge is 0.484 e. The molecule has 10 heteroatoms. The van der Waals surface area contributed by atoms with Crippen LogP contribution in [0.3, 0.4) is 0 Å². The van der Waals surface area contributed by atoms with E-state index in [0.717, 1.165) is 62.5 Å². The van der Waals surface area contributed by atoms with E-state index in [-0.39, 0.29) is 18.2 Å². The van der Waals surface area contributed by atoms with Gasteiger partial charge in [0.05, 0.1) is 28.6 Å². The van der Waals surface area contributed by atoms with Gasteiger partial charge in [0.1, 0.15) is 11.6 Å². The van der Waals surface area contributed by atoms with Gasteiger partial charge in [0.15, 0.2) is 6.61 Å². The number of carbonyl (C=O) groups excluding carboxylic acids is 1. The lowest BCUT2D eigenvalue weighted by atomic mass is 10.2. The first-order chi connectivity index (χ1) is 16.0. The Labute approximate surface area is 190 Å². The number of anilines is 1. The maximum absolute atomic E-state index is 12.3. The minimum atomic E-state index is -0.484. The molecule has 2 aromatic carbocycles. The average Bonchev–Trinajstić information content (AvgIpc) is 3.44. The molecule has 172 valence electrons. The number of non-ortho nitro benzene ring substituents is 1. The van der Waals surface area contributed by atoms with Gasteiger partial charge in [0, 0.05) is 44.1 Å². The van der Waals surface area contributed by atoms with Crippen LogP contribution in [-0.2, 0) is 22.6 Å². The molecular weight excluding hydrogens is 426 g/mol. The Bertz CT molecular complexity index is 1170. The summed E-state index contributed by atoms with van der Waals surface area (Å²) in [6.07, 6.45) is 2.60. The molecule has 3 heterocycles. The normalized spacial score (nSPS) is 18.2. The van der Waals surface area contributed by atoms with E-state index >= 15 is 0 Å². The molecule has 3 aromatic rings. The zero-order valence-electron chi connectivity index (χ0n) is 18.1. The molecule has 33 heavy (non-hydrogen) atoms. The van der Waals surface area contributed by atoms with E-state index < -0.39 is 4.92 Å². The maximum Gasteiger partial charge on any atom is 0.269 e. The van der Waals surface area contributed by atoms with Crippen LogP contribution in [0, 0.1) is 10.1 Å². The van der Waals surface area contributed by atoms with Crippen molar-refractivity contribution in [2.45, 2.75) is 32.0 Å². The summed E-state index contributed by atoms with van der Waals surface area (Å²) in [5.41, 5.74) is 2.52. The van der Waals surface area contributed by atoms with Crippen LogP contribution < -0.4 is 10.1 Å². The molecule has 2 aliphatic heterocycles. The number of nitro groups is 1. The fraction of sp³-hybridized carbons (Fsp3) is 0.391. The molecular formula is C23H25N5O5. The molecule has 10 nitrogen and oxygen atoms in total. The number of ether oxygens (including phenoxy) is 2. The summed E-state index contributed by atoms with van der Waals surface area (Å²) in [5.74, 6) is 1.10. The first-order valence-electron chi connectivity index (χ1n) is 11.1. The number of amides is 1.